The van der Waals surface area contributed by atoms with Crippen molar-refractivity contribution in [2.75, 3.05) is 11.5 Å². The van der Waals surface area contributed by atoms with Gasteiger partial charge in [0, 0.05) is 9.50 Å². The summed E-state index contributed by atoms with van der Waals surface area (Å²) < 4.78 is 12.2. The van der Waals surface area contributed by atoms with E-state index in [1.54, 1.807) is 49.4 Å². The molecule has 0 radical (unpaired) electrons. The van der Waals surface area contributed by atoms with Crippen LogP contribution in [-0.4, -0.2) is 24.5 Å². The van der Waals surface area contributed by atoms with Crippen molar-refractivity contribution in [3.63, 3.8) is 0 Å². The van der Waals surface area contributed by atoms with E-state index in [0.29, 0.717) is 43.2 Å². The van der Waals surface area contributed by atoms with Crippen LogP contribution < -0.4 is 19.7 Å². The van der Waals surface area contributed by atoms with Crippen molar-refractivity contribution >= 4 is 80.3 Å². The lowest BCUT2D eigenvalue weighted by Gasteiger charge is -2.26. The topological polar surface area (TPSA) is 84.9 Å². The molecule has 0 aromatic heterocycles. The maximum absolute atomic E-state index is 13.3. The second kappa shape index (κ2) is 11.8. The Labute approximate surface area is 242 Å². The zero-order chi connectivity index (χ0) is 27.6. The fraction of sp³-hybridized carbons (Fsp3) is 0.148. The number of anilines is 1. The predicted molar refractivity (Wildman–Crippen MR) is 151 cm³/mol. The highest BCUT2D eigenvalue weighted by Crippen LogP contribution is 2.36. The highest BCUT2D eigenvalue weighted by molar-refractivity contribution is 9.10. The third kappa shape index (κ3) is 5.99. The number of nitrogens with one attached hydrogen (secondary N) is 1. The highest BCUT2D eigenvalue weighted by atomic mass is 79.9. The third-order valence-corrected chi connectivity index (χ3v) is 7.39. The molecule has 0 unspecified atom stereocenters. The van der Waals surface area contributed by atoms with E-state index in [9.17, 15) is 14.4 Å². The summed E-state index contributed by atoms with van der Waals surface area (Å²) in [5.74, 6) is -0.787. The van der Waals surface area contributed by atoms with E-state index in [2.05, 4.69) is 21.2 Å². The molecule has 0 saturated carbocycles. The van der Waals surface area contributed by atoms with Gasteiger partial charge in [-0.2, -0.15) is 0 Å². The molecule has 0 spiro atoms. The molecule has 4 rings (SSSR count). The Morgan fingerprint density at radius 1 is 0.921 bits per heavy atom. The van der Waals surface area contributed by atoms with E-state index in [1.807, 2.05) is 6.92 Å². The number of ether oxygens (including phenoxy) is 2. The van der Waals surface area contributed by atoms with Crippen molar-refractivity contribution in [2.24, 2.45) is 0 Å². The molecule has 0 bridgehead atoms. The van der Waals surface area contributed by atoms with Crippen LogP contribution in [0.2, 0.25) is 15.1 Å². The minimum atomic E-state index is -0.864. The Balaban J connectivity index is 1.66. The smallest absolute Gasteiger partial charge is 0.335 e. The van der Waals surface area contributed by atoms with Crippen LogP contribution >= 0.6 is 50.7 Å². The number of halogens is 4. The SMILES string of the molecule is CCOc1cc(/C=C2/C(=O)NC(=O)N(c3ccc(C)c(Cl)c3)C2=O)c(Br)cc1OCc1ccc(Cl)c(Cl)c1. The Kier molecular flexibility index (Phi) is 8.67. The Bertz CT molecular complexity index is 1490. The first-order valence-electron chi connectivity index (χ1n) is 11.3. The standard InChI is InChI=1S/C27H20BrCl3N2O5/c1-3-37-23-10-16(19(28)12-24(23)38-13-15-5-7-20(29)22(31)8-15)9-18-25(34)32-27(36)33(26(18)35)17-6-4-14(2)21(30)11-17/h4-12H,3,13H2,1-2H3,(H,32,34,36)/b18-9-. The third-order valence-electron chi connectivity index (χ3n) is 5.56. The molecule has 1 N–H and O–H groups in total. The lowest BCUT2D eigenvalue weighted by molar-refractivity contribution is -0.122. The first kappa shape index (κ1) is 28.0. The molecule has 7 nitrogen and oxygen atoms in total. The van der Waals surface area contributed by atoms with Crippen molar-refractivity contribution in [1.82, 2.24) is 5.32 Å². The van der Waals surface area contributed by atoms with Gasteiger partial charge in [-0.25, -0.2) is 9.69 Å². The van der Waals surface area contributed by atoms with Crippen LogP contribution in [-0.2, 0) is 16.2 Å². The molecule has 1 aliphatic rings. The zero-order valence-electron chi connectivity index (χ0n) is 20.1. The normalized spacial score (nSPS) is 14.6. The van der Waals surface area contributed by atoms with Gasteiger partial charge in [0.05, 0.1) is 22.3 Å². The number of hydrogen-bond donors (Lipinski definition) is 1. The molecule has 1 aliphatic heterocycles. The van der Waals surface area contributed by atoms with E-state index in [-0.39, 0.29) is 17.9 Å². The van der Waals surface area contributed by atoms with Crippen molar-refractivity contribution in [3.05, 3.63) is 90.3 Å². The molecule has 1 saturated heterocycles. The summed E-state index contributed by atoms with van der Waals surface area (Å²) in [7, 11) is 0. The van der Waals surface area contributed by atoms with Gasteiger partial charge in [0.2, 0.25) is 0 Å². The second-order valence-electron chi connectivity index (χ2n) is 8.18. The number of barbiturate groups is 1. The number of amides is 4. The van der Waals surface area contributed by atoms with Crippen LogP contribution in [0.3, 0.4) is 0 Å². The predicted octanol–water partition coefficient (Wildman–Crippen LogP) is 7.36. The largest absolute Gasteiger partial charge is 0.490 e. The molecule has 196 valence electrons. The van der Waals surface area contributed by atoms with Crippen molar-refractivity contribution in [1.29, 1.82) is 0 Å². The van der Waals surface area contributed by atoms with E-state index in [1.165, 1.54) is 12.1 Å². The molecule has 1 fully saturated rings. The number of imide groups is 2. The number of rotatable bonds is 7. The van der Waals surface area contributed by atoms with E-state index < -0.39 is 17.8 Å². The van der Waals surface area contributed by atoms with Gasteiger partial charge in [0.1, 0.15) is 12.2 Å². The molecule has 38 heavy (non-hydrogen) atoms. The maximum atomic E-state index is 13.3. The number of urea groups is 1. The first-order chi connectivity index (χ1) is 18.1. The fourth-order valence-electron chi connectivity index (χ4n) is 3.60. The lowest BCUT2D eigenvalue weighted by Crippen LogP contribution is -2.54. The number of carbonyl (C=O) groups excluding carboxylic acids is 3. The lowest BCUT2D eigenvalue weighted by atomic mass is 10.1. The second-order valence-corrected chi connectivity index (χ2v) is 10.3. The van der Waals surface area contributed by atoms with Crippen LogP contribution in [0.15, 0.2) is 58.6 Å². The molecule has 11 heteroatoms. The quantitative estimate of drug-likeness (QED) is 0.216. The monoisotopic (exact) mass is 636 g/mol. The first-order valence-corrected chi connectivity index (χ1v) is 13.2. The molecule has 1 heterocycles. The minimum Gasteiger partial charge on any atom is -0.490 e. The van der Waals surface area contributed by atoms with Gasteiger partial charge in [-0.05, 0) is 73.0 Å². The van der Waals surface area contributed by atoms with E-state index in [0.717, 1.165) is 16.0 Å². The molecule has 3 aromatic carbocycles. The number of aryl methyl sites for hydroxylation is 1. The molecular formula is C27H20BrCl3N2O5. The average Bonchev–Trinajstić information content (AvgIpc) is 2.86. The van der Waals surface area contributed by atoms with Gasteiger partial charge < -0.3 is 9.47 Å². The average molecular weight is 639 g/mol. The summed E-state index contributed by atoms with van der Waals surface area (Å²) in [5, 5.41) is 3.44. The van der Waals surface area contributed by atoms with Crippen molar-refractivity contribution in [3.8, 4) is 11.5 Å². The summed E-state index contributed by atoms with van der Waals surface area (Å²) in [6.45, 7) is 4.15. The van der Waals surface area contributed by atoms with Gasteiger partial charge in [-0.15, -0.1) is 0 Å². The summed E-state index contributed by atoms with van der Waals surface area (Å²) in [6, 6.07) is 12.4. The summed E-state index contributed by atoms with van der Waals surface area (Å²) in [5.41, 5.74) is 2.04. The Hall–Kier alpha value is -3.04. The van der Waals surface area contributed by atoms with Crippen molar-refractivity contribution in [2.45, 2.75) is 20.5 Å². The fourth-order valence-corrected chi connectivity index (χ4v) is 4.53. The van der Waals surface area contributed by atoms with Crippen LogP contribution in [0.25, 0.3) is 6.08 Å². The minimum absolute atomic E-state index is 0.195. The number of hydrogen-bond acceptors (Lipinski definition) is 5. The van der Waals surface area contributed by atoms with Crippen LogP contribution in [0.5, 0.6) is 11.5 Å². The Morgan fingerprint density at radius 3 is 2.34 bits per heavy atom. The van der Waals surface area contributed by atoms with Gasteiger partial charge in [0.25, 0.3) is 11.8 Å². The van der Waals surface area contributed by atoms with Gasteiger partial charge in [-0.1, -0.05) is 62.9 Å². The van der Waals surface area contributed by atoms with Gasteiger partial charge >= 0.3 is 6.03 Å². The number of benzene rings is 3. The van der Waals surface area contributed by atoms with Crippen LogP contribution in [0.1, 0.15) is 23.6 Å². The Morgan fingerprint density at radius 2 is 1.66 bits per heavy atom. The maximum Gasteiger partial charge on any atom is 0.335 e. The molecule has 4 amide bonds. The molecular weight excluding hydrogens is 619 g/mol. The zero-order valence-corrected chi connectivity index (χ0v) is 24.0. The number of carbonyl (C=O) groups is 3. The number of nitrogens with zero attached hydrogens (tertiary/aromatic N) is 1. The van der Waals surface area contributed by atoms with Crippen molar-refractivity contribution < 1.29 is 23.9 Å². The van der Waals surface area contributed by atoms with E-state index in [4.69, 9.17) is 44.3 Å². The molecule has 0 atom stereocenters. The van der Waals surface area contributed by atoms with Crippen LogP contribution in [0, 0.1) is 6.92 Å². The molecule has 0 aliphatic carbocycles. The van der Waals surface area contributed by atoms with Gasteiger partial charge in [0.15, 0.2) is 11.5 Å². The summed E-state index contributed by atoms with van der Waals surface area (Å²) >= 11 is 21.7. The van der Waals surface area contributed by atoms with Crippen LogP contribution in [0.4, 0.5) is 10.5 Å². The highest BCUT2D eigenvalue weighted by Gasteiger charge is 2.37. The van der Waals surface area contributed by atoms with Gasteiger partial charge in [-0.3, -0.25) is 14.9 Å². The summed E-state index contributed by atoms with van der Waals surface area (Å²) in [4.78, 5) is 39.3. The van der Waals surface area contributed by atoms with E-state index >= 15 is 0 Å². The summed E-state index contributed by atoms with van der Waals surface area (Å²) in [6.07, 6.45) is 1.38. The molecule has 3 aromatic rings.